The molecule has 0 aliphatic carbocycles. The van der Waals surface area contributed by atoms with Crippen molar-refractivity contribution in [3.05, 3.63) is 64.1 Å². The number of rotatable bonds is 6. The average molecular weight is 398 g/mol. The highest BCUT2D eigenvalue weighted by molar-refractivity contribution is 7.11. The van der Waals surface area contributed by atoms with E-state index >= 15 is 0 Å². The van der Waals surface area contributed by atoms with Crippen molar-refractivity contribution in [2.24, 2.45) is 0 Å². The maximum atomic E-state index is 9.54. The molecule has 0 aliphatic rings. The number of halogens is 1. The number of methoxy groups -OCH3 is 2. The van der Waals surface area contributed by atoms with Crippen LogP contribution in [0.25, 0.3) is 16.8 Å². The van der Waals surface area contributed by atoms with Crippen molar-refractivity contribution in [3.8, 4) is 28.8 Å². The highest BCUT2D eigenvalue weighted by Gasteiger charge is 2.10. The number of nitrogens with zero attached hydrogens (tertiary/aromatic N) is 2. The van der Waals surface area contributed by atoms with E-state index in [2.05, 4.69) is 16.4 Å². The molecule has 0 spiro atoms. The Hall–Kier alpha value is -3.01. The minimum absolute atomic E-state index is 0.421. The topological polar surface area (TPSA) is 67.2 Å². The zero-order valence-corrected chi connectivity index (χ0v) is 16.3. The third-order valence-corrected chi connectivity index (χ3v) is 4.90. The lowest BCUT2D eigenvalue weighted by Crippen LogP contribution is -1.96. The van der Waals surface area contributed by atoms with E-state index in [-0.39, 0.29) is 0 Å². The van der Waals surface area contributed by atoms with Crippen LogP contribution in [0.3, 0.4) is 0 Å². The van der Waals surface area contributed by atoms with Gasteiger partial charge in [-0.15, -0.1) is 11.3 Å². The van der Waals surface area contributed by atoms with Crippen LogP contribution in [-0.2, 0) is 0 Å². The molecule has 0 amide bonds. The zero-order chi connectivity index (χ0) is 19.2. The number of benzene rings is 2. The Kier molecular flexibility index (Phi) is 5.97. The van der Waals surface area contributed by atoms with Crippen LogP contribution in [0.2, 0.25) is 5.02 Å². The first kappa shape index (κ1) is 18.8. The van der Waals surface area contributed by atoms with Crippen molar-refractivity contribution >= 4 is 34.2 Å². The molecule has 27 heavy (non-hydrogen) atoms. The van der Waals surface area contributed by atoms with Crippen LogP contribution < -0.4 is 14.8 Å². The Morgan fingerprint density at radius 3 is 2.63 bits per heavy atom. The number of ether oxygens (including phenoxy) is 2. The molecular weight excluding hydrogens is 382 g/mol. The van der Waals surface area contributed by atoms with Gasteiger partial charge in [-0.2, -0.15) is 5.26 Å². The molecule has 1 N–H and O–H groups in total. The monoisotopic (exact) mass is 397 g/mol. The Morgan fingerprint density at radius 1 is 1.19 bits per heavy atom. The molecule has 0 radical (unpaired) electrons. The minimum Gasteiger partial charge on any atom is -0.497 e. The van der Waals surface area contributed by atoms with E-state index in [4.69, 9.17) is 21.1 Å². The second-order valence-electron chi connectivity index (χ2n) is 5.43. The standard InChI is InChI=1S/C20H16ClN3O2S/c1-25-16-7-8-19(26-2)17(9-16)23-11-14(10-22)20-24-18(12-27-20)13-3-5-15(21)6-4-13/h3-9,11-12,23H,1-2H3/b14-11+. The normalized spacial score (nSPS) is 11.0. The molecule has 2 aromatic carbocycles. The average Bonchev–Trinajstić information content (AvgIpc) is 3.18. The van der Waals surface area contributed by atoms with Gasteiger partial charge in [0.25, 0.3) is 0 Å². The van der Waals surface area contributed by atoms with Crippen LogP contribution >= 0.6 is 22.9 Å². The molecule has 1 heterocycles. The number of hydrogen-bond acceptors (Lipinski definition) is 6. The largest absolute Gasteiger partial charge is 0.497 e. The number of nitriles is 1. The summed E-state index contributed by atoms with van der Waals surface area (Å²) in [6.07, 6.45) is 1.61. The third kappa shape index (κ3) is 4.40. The van der Waals surface area contributed by atoms with Gasteiger partial charge in [0, 0.05) is 28.2 Å². The highest BCUT2D eigenvalue weighted by Crippen LogP contribution is 2.30. The van der Waals surface area contributed by atoms with E-state index in [0.717, 1.165) is 11.3 Å². The quantitative estimate of drug-likeness (QED) is 0.559. The molecule has 0 saturated heterocycles. The summed E-state index contributed by atoms with van der Waals surface area (Å²) < 4.78 is 10.6. The smallest absolute Gasteiger partial charge is 0.142 e. The summed E-state index contributed by atoms with van der Waals surface area (Å²) in [5, 5.41) is 15.8. The van der Waals surface area contributed by atoms with Crippen LogP contribution in [0.1, 0.15) is 5.01 Å². The van der Waals surface area contributed by atoms with Crippen molar-refractivity contribution in [2.45, 2.75) is 0 Å². The summed E-state index contributed by atoms with van der Waals surface area (Å²) >= 11 is 7.33. The van der Waals surface area contributed by atoms with Crippen molar-refractivity contribution in [1.29, 1.82) is 5.26 Å². The van der Waals surface area contributed by atoms with E-state index < -0.39 is 0 Å². The summed E-state index contributed by atoms with van der Waals surface area (Å²) in [4.78, 5) is 4.56. The van der Waals surface area contributed by atoms with Crippen LogP contribution in [0.5, 0.6) is 11.5 Å². The van der Waals surface area contributed by atoms with E-state index in [9.17, 15) is 5.26 Å². The summed E-state index contributed by atoms with van der Waals surface area (Å²) in [7, 11) is 3.18. The van der Waals surface area contributed by atoms with Crippen molar-refractivity contribution in [2.75, 3.05) is 19.5 Å². The minimum atomic E-state index is 0.421. The van der Waals surface area contributed by atoms with Crippen molar-refractivity contribution in [3.63, 3.8) is 0 Å². The molecular formula is C20H16ClN3O2S. The van der Waals surface area contributed by atoms with Gasteiger partial charge in [0.2, 0.25) is 0 Å². The molecule has 1 aromatic heterocycles. The van der Waals surface area contributed by atoms with Gasteiger partial charge < -0.3 is 14.8 Å². The molecule has 0 atom stereocenters. The lowest BCUT2D eigenvalue weighted by atomic mass is 10.2. The number of aromatic nitrogens is 1. The molecule has 0 bridgehead atoms. The van der Waals surface area contributed by atoms with Gasteiger partial charge in [-0.3, -0.25) is 0 Å². The second kappa shape index (κ2) is 8.58. The fraction of sp³-hybridized carbons (Fsp3) is 0.100. The van der Waals surface area contributed by atoms with Crippen LogP contribution in [-0.4, -0.2) is 19.2 Å². The lowest BCUT2D eigenvalue weighted by molar-refractivity contribution is 0.405. The predicted octanol–water partition coefficient (Wildman–Crippen LogP) is 5.46. The number of thiazole rings is 1. The molecule has 0 unspecified atom stereocenters. The van der Waals surface area contributed by atoms with E-state index in [1.165, 1.54) is 11.3 Å². The fourth-order valence-corrected chi connectivity index (χ4v) is 3.29. The SMILES string of the molecule is COc1ccc(OC)c(N/C=C(\C#N)c2nc(-c3ccc(Cl)cc3)cs2)c1. The van der Waals surface area contributed by atoms with E-state index in [1.54, 1.807) is 38.6 Å². The van der Waals surface area contributed by atoms with Gasteiger partial charge in [0.05, 0.1) is 25.6 Å². The molecule has 3 aromatic rings. The zero-order valence-electron chi connectivity index (χ0n) is 14.7. The van der Waals surface area contributed by atoms with Crippen LogP contribution in [0.15, 0.2) is 54.0 Å². The van der Waals surface area contributed by atoms with Crippen LogP contribution in [0, 0.1) is 11.3 Å². The highest BCUT2D eigenvalue weighted by atomic mass is 35.5. The maximum Gasteiger partial charge on any atom is 0.142 e. The Labute approximate surface area is 166 Å². The third-order valence-electron chi connectivity index (χ3n) is 3.77. The molecule has 136 valence electrons. The second-order valence-corrected chi connectivity index (χ2v) is 6.72. The number of anilines is 1. The van der Waals surface area contributed by atoms with Crippen LogP contribution in [0.4, 0.5) is 5.69 Å². The molecule has 7 heteroatoms. The van der Waals surface area contributed by atoms with Gasteiger partial charge in [-0.25, -0.2) is 4.98 Å². The first-order valence-corrected chi connectivity index (χ1v) is 9.21. The van der Waals surface area contributed by atoms with Gasteiger partial charge in [-0.05, 0) is 24.3 Å². The van der Waals surface area contributed by atoms with Gasteiger partial charge in [-0.1, -0.05) is 23.7 Å². The van der Waals surface area contributed by atoms with Crippen molar-refractivity contribution in [1.82, 2.24) is 4.98 Å². The number of hydrogen-bond donors (Lipinski definition) is 1. The number of nitrogens with one attached hydrogen (secondary N) is 1. The first-order chi connectivity index (χ1) is 13.1. The molecule has 3 rings (SSSR count). The van der Waals surface area contributed by atoms with Gasteiger partial charge in [0.15, 0.2) is 0 Å². The van der Waals surface area contributed by atoms with Crippen molar-refractivity contribution < 1.29 is 9.47 Å². The molecule has 5 nitrogen and oxygen atoms in total. The summed E-state index contributed by atoms with van der Waals surface area (Å²) in [5.74, 6) is 1.33. The van der Waals surface area contributed by atoms with Gasteiger partial charge in [0.1, 0.15) is 28.1 Å². The fourth-order valence-electron chi connectivity index (χ4n) is 2.37. The van der Waals surface area contributed by atoms with E-state index in [1.807, 2.05) is 29.6 Å². The first-order valence-electron chi connectivity index (χ1n) is 7.95. The summed E-state index contributed by atoms with van der Waals surface area (Å²) in [6, 6.07) is 15.0. The lowest BCUT2D eigenvalue weighted by Gasteiger charge is -2.10. The Balaban J connectivity index is 1.86. The molecule has 0 fully saturated rings. The summed E-state index contributed by atoms with van der Waals surface area (Å²) in [6.45, 7) is 0. The predicted molar refractivity (Wildman–Crippen MR) is 109 cm³/mol. The molecule has 0 aliphatic heterocycles. The Morgan fingerprint density at radius 2 is 1.96 bits per heavy atom. The maximum absolute atomic E-state index is 9.54. The summed E-state index contributed by atoms with van der Waals surface area (Å²) in [5.41, 5.74) is 2.86. The van der Waals surface area contributed by atoms with E-state index in [0.29, 0.717) is 32.8 Å². The Bertz CT molecular complexity index is 1010. The molecule has 0 saturated carbocycles. The van der Waals surface area contributed by atoms with Gasteiger partial charge >= 0.3 is 0 Å². The number of allylic oxidation sites excluding steroid dienone is 1.